The summed E-state index contributed by atoms with van der Waals surface area (Å²) < 4.78 is 0. The zero-order valence-corrected chi connectivity index (χ0v) is 22.9. The van der Waals surface area contributed by atoms with Gasteiger partial charge >= 0.3 is 0 Å². The maximum absolute atomic E-state index is 11.5. The predicted molar refractivity (Wildman–Crippen MR) is 157 cm³/mol. The van der Waals surface area contributed by atoms with E-state index in [2.05, 4.69) is 32.7 Å². The second-order valence-corrected chi connectivity index (χ2v) is 9.15. The fraction of sp³-hybridized carbons (Fsp3) is 0.226. The van der Waals surface area contributed by atoms with Gasteiger partial charge in [0.05, 0.1) is 5.70 Å². The molecule has 0 aliphatic heterocycles. The van der Waals surface area contributed by atoms with E-state index in [0.717, 1.165) is 40.6 Å². The van der Waals surface area contributed by atoms with Gasteiger partial charge in [0.25, 0.3) is 0 Å². The van der Waals surface area contributed by atoms with E-state index in [9.17, 15) is 4.79 Å². The molecule has 0 aromatic heterocycles. The third-order valence-corrected chi connectivity index (χ3v) is 6.26. The number of ketones is 1. The van der Waals surface area contributed by atoms with Crippen LogP contribution in [0.25, 0.3) is 5.70 Å². The number of nitrogens with zero attached hydrogens (tertiary/aromatic N) is 1. The summed E-state index contributed by atoms with van der Waals surface area (Å²) in [5.41, 5.74) is 4.59. The fourth-order valence-electron chi connectivity index (χ4n) is 3.24. The summed E-state index contributed by atoms with van der Waals surface area (Å²) in [5, 5.41) is 4.96. The number of carbonyl (C=O) groups excluding carboxylic acids is 1. The molecular weight excluding hydrogens is 487 g/mol. The van der Waals surface area contributed by atoms with Crippen LogP contribution in [0.4, 0.5) is 5.69 Å². The molecule has 0 saturated carbocycles. The first-order valence-electron chi connectivity index (χ1n) is 12.1. The van der Waals surface area contributed by atoms with Gasteiger partial charge in [-0.1, -0.05) is 87.0 Å². The van der Waals surface area contributed by atoms with Gasteiger partial charge < -0.3 is 5.32 Å². The Labute approximate surface area is 225 Å². The van der Waals surface area contributed by atoms with Crippen LogP contribution < -0.4 is 5.32 Å². The zero-order valence-electron chi connectivity index (χ0n) is 21.4. The third kappa shape index (κ3) is 9.14. The minimum absolute atomic E-state index is 0.0521. The molecule has 188 valence electrons. The van der Waals surface area contributed by atoms with Crippen molar-refractivity contribution in [1.82, 2.24) is 0 Å². The number of Topliss-reactive ketones (excluding diaryl/α,β-unsaturated/α-hetero) is 1. The molecule has 0 heterocycles. The van der Waals surface area contributed by atoms with Crippen molar-refractivity contribution in [2.45, 2.75) is 40.5 Å². The number of aryl methyl sites for hydroxylation is 1. The summed E-state index contributed by atoms with van der Waals surface area (Å²) in [7, 11) is 0. The Bertz CT molecular complexity index is 1200. The Balaban J connectivity index is 0.000000425. The maximum atomic E-state index is 11.5. The van der Waals surface area contributed by atoms with Crippen LogP contribution in [-0.4, -0.2) is 11.6 Å². The Kier molecular flexibility index (Phi) is 12.2. The van der Waals surface area contributed by atoms with Crippen molar-refractivity contribution < 1.29 is 4.79 Å². The zero-order chi connectivity index (χ0) is 26.5. The molecule has 3 rings (SSSR count). The topological polar surface area (TPSA) is 41.5 Å². The molecule has 0 amide bonds. The molecule has 3 nitrogen and oxygen atoms in total. The van der Waals surface area contributed by atoms with Crippen molar-refractivity contribution in [3.63, 3.8) is 0 Å². The Morgan fingerprint density at radius 3 is 2.08 bits per heavy atom. The van der Waals surface area contributed by atoms with Crippen LogP contribution in [-0.2, 0) is 6.42 Å². The summed E-state index contributed by atoms with van der Waals surface area (Å²) in [4.78, 5) is 16.3. The molecule has 36 heavy (non-hydrogen) atoms. The summed E-state index contributed by atoms with van der Waals surface area (Å²) in [5.74, 6) is 1.14. The first-order chi connectivity index (χ1) is 17.3. The number of allylic oxidation sites excluding steroid dienone is 2. The van der Waals surface area contributed by atoms with E-state index in [0.29, 0.717) is 10.6 Å². The van der Waals surface area contributed by atoms with Crippen molar-refractivity contribution in [1.29, 1.82) is 0 Å². The molecule has 1 unspecified atom stereocenters. The second kappa shape index (κ2) is 15.1. The standard InChI is InChI=1S/C23H25ClN2O.C8H9Cl/c1-5-7-22(19-8-12-20(24)13-9-19)26-23(16(3)6-2)25-21-14-10-18(11-15-21)17(4)27;1-2-7-5-3-4-6-8(7)9/h5,7-16H,1,6H2,2-4H3,(H,25,26);3-6H,2H2,1H3/b22-7-;. The first kappa shape index (κ1) is 29.1. The third-order valence-electron chi connectivity index (χ3n) is 5.64. The number of aliphatic imine (C=N–C) groups is 1. The van der Waals surface area contributed by atoms with Gasteiger partial charge in [0.15, 0.2) is 5.78 Å². The van der Waals surface area contributed by atoms with Gasteiger partial charge in [-0.25, -0.2) is 4.99 Å². The molecule has 0 bridgehead atoms. The Hall–Kier alpha value is -3.14. The van der Waals surface area contributed by atoms with E-state index in [1.54, 1.807) is 13.0 Å². The Morgan fingerprint density at radius 2 is 1.58 bits per heavy atom. The normalized spacial score (nSPS) is 12.3. The molecule has 0 fully saturated rings. The molecule has 0 saturated heterocycles. The number of amidine groups is 1. The van der Waals surface area contributed by atoms with Gasteiger partial charge in [-0.15, -0.1) is 0 Å². The van der Waals surface area contributed by atoms with Gasteiger partial charge in [0.1, 0.15) is 5.84 Å². The van der Waals surface area contributed by atoms with E-state index >= 15 is 0 Å². The number of hydrogen-bond donors (Lipinski definition) is 1. The van der Waals surface area contributed by atoms with E-state index in [1.807, 2.05) is 78.9 Å². The van der Waals surface area contributed by atoms with Gasteiger partial charge in [-0.3, -0.25) is 4.79 Å². The van der Waals surface area contributed by atoms with Crippen molar-refractivity contribution >= 4 is 46.2 Å². The van der Waals surface area contributed by atoms with Gasteiger partial charge in [0, 0.05) is 32.8 Å². The van der Waals surface area contributed by atoms with Crippen molar-refractivity contribution in [2.75, 3.05) is 5.32 Å². The summed E-state index contributed by atoms with van der Waals surface area (Å²) in [6.07, 6.45) is 5.56. The molecule has 0 radical (unpaired) electrons. The summed E-state index contributed by atoms with van der Waals surface area (Å²) >= 11 is 11.8. The number of nitrogens with one attached hydrogen (secondary N) is 1. The minimum Gasteiger partial charge on any atom is -0.344 e. The van der Waals surface area contributed by atoms with Crippen LogP contribution >= 0.6 is 23.2 Å². The van der Waals surface area contributed by atoms with Crippen LogP contribution in [0.2, 0.25) is 10.0 Å². The molecule has 0 spiro atoms. The van der Waals surface area contributed by atoms with Crippen molar-refractivity contribution in [3.8, 4) is 0 Å². The van der Waals surface area contributed by atoms with Gasteiger partial charge in [-0.2, -0.15) is 0 Å². The average molecular weight is 522 g/mol. The van der Waals surface area contributed by atoms with Crippen LogP contribution in [0.15, 0.2) is 96.5 Å². The lowest BCUT2D eigenvalue weighted by Crippen LogP contribution is -2.20. The van der Waals surface area contributed by atoms with Gasteiger partial charge in [0.2, 0.25) is 0 Å². The van der Waals surface area contributed by atoms with E-state index in [1.165, 1.54) is 5.56 Å². The van der Waals surface area contributed by atoms with E-state index in [-0.39, 0.29) is 11.7 Å². The lowest BCUT2D eigenvalue weighted by atomic mass is 10.1. The molecule has 5 heteroatoms. The molecule has 1 N–H and O–H groups in total. The van der Waals surface area contributed by atoms with E-state index < -0.39 is 0 Å². The largest absolute Gasteiger partial charge is 0.344 e. The van der Waals surface area contributed by atoms with Crippen molar-refractivity contribution in [2.24, 2.45) is 10.9 Å². The smallest absolute Gasteiger partial charge is 0.159 e. The fourth-order valence-corrected chi connectivity index (χ4v) is 3.63. The molecule has 3 aromatic rings. The monoisotopic (exact) mass is 520 g/mol. The lowest BCUT2D eigenvalue weighted by molar-refractivity contribution is 0.101. The van der Waals surface area contributed by atoms with E-state index in [4.69, 9.17) is 28.2 Å². The number of halogens is 2. The molecule has 1 atom stereocenters. The minimum atomic E-state index is 0.0521. The molecular formula is C31H34Cl2N2O. The molecule has 0 aliphatic rings. The lowest BCUT2D eigenvalue weighted by Gasteiger charge is -2.17. The average Bonchev–Trinajstić information content (AvgIpc) is 2.89. The molecule has 3 aromatic carbocycles. The summed E-state index contributed by atoms with van der Waals surface area (Å²) in [6.45, 7) is 11.7. The van der Waals surface area contributed by atoms with Crippen LogP contribution in [0.5, 0.6) is 0 Å². The highest BCUT2D eigenvalue weighted by Gasteiger charge is 2.11. The SMILES string of the molecule is C=C/C=C(\N=C(Nc1ccc(C(C)=O)cc1)C(C)CC)c1ccc(Cl)cc1.CCc1ccccc1Cl. The highest BCUT2D eigenvalue weighted by atomic mass is 35.5. The Morgan fingerprint density at radius 1 is 0.972 bits per heavy atom. The number of rotatable bonds is 8. The van der Waals surface area contributed by atoms with Crippen LogP contribution in [0, 0.1) is 5.92 Å². The van der Waals surface area contributed by atoms with Crippen LogP contribution in [0.3, 0.4) is 0 Å². The number of carbonyl (C=O) groups is 1. The quantitative estimate of drug-likeness (QED) is 0.139. The highest BCUT2D eigenvalue weighted by molar-refractivity contribution is 6.31. The number of hydrogen-bond acceptors (Lipinski definition) is 2. The second-order valence-electron chi connectivity index (χ2n) is 8.30. The predicted octanol–water partition coefficient (Wildman–Crippen LogP) is 9.53. The highest BCUT2D eigenvalue weighted by Crippen LogP contribution is 2.22. The van der Waals surface area contributed by atoms with Gasteiger partial charge in [-0.05, 0) is 73.9 Å². The maximum Gasteiger partial charge on any atom is 0.159 e. The van der Waals surface area contributed by atoms with Crippen molar-refractivity contribution in [3.05, 3.63) is 118 Å². The number of anilines is 1. The first-order valence-corrected chi connectivity index (χ1v) is 12.8. The molecule has 0 aliphatic carbocycles. The number of benzene rings is 3. The van der Waals surface area contributed by atoms with Crippen LogP contribution in [0.1, 0.15) is 55.6 Å². The summed E-state index contributed by atoms with van der Waals surface area (Å²) in [6, 6.07) is 22.9.